The monoisotopic (exact) mass is 299 g/mol. The molecule has 0 atom stereocenters. The summed E-state index contributed by atoms with van der Waals surface area (Å²) in [5.74, 6) is 0. The number of aryl methyl sites for hydroxylation is 1. The van der Waals surface area contributed by atoms with Gasteiger partial charge < -0.3 is 5.32 Å². The molecular formula is C17H17NS2. The molecule has 102 valence electrons. The van der Waals surface area contributed by atoms with Gasteiger partial charge in [0.05, 0.1) is 0 Å². The van der Waals surface area contributed by atoms with Crippen LogP contribution in [0.15, 0.2) is 53.9 Å². The minimum absolute atomic E-state index is 0.939. The molecule has 2 aromatic heterocycles. The van der Waals surface area contributed by atoms with Crippen molar-refractivity contribution >= 4 is 22.7 Å². The maximum absolute atomic E-state index is 3.52. The van der Waals surface area contributed by atoms with Gasteiger partial charge in [0.15, 0.2) is 0 Å². The molecule has 0 aliphatic rings. The molecule has 0 bridgehead atoms. The molecule has 0 aliphatic heterocycles. The Morgan fingerprint density at radius 1 is 0.900 bits per heavy atom. The highest BCUT2D eigenvalue weighted by Gasteiger charge is 2.02. The molecular weight excluding hydrogens is 282 g/mol. The van der Waals surface area contributed by atoms with Crippen LogP contribution in [0.1, 0.15) is 14.6 Å². The molecule has 3 heteroatoms. The fourth-order valence-corrected chi connectivity index (χ4v) is 3.87. The molecule has 0 aliphatic carbocycles. The highest BCUT2D eigenvalue weighted by atomic mass is 32.1. The number of benzene rings is 1. The van der Waals surface area contributed by atoms with E-state index >= 15 is 0 Å². The van der Waals surface area contributed by atoms with Crippen LogP contribution in [0, 0.1) is 6.92 Å². The molecule has 0 spiro atoms. The van der Waals surface area contributed by atoms with Crippen LogP contribution in [0.2, 0.25) is 0 Å². The van der Waals surface area contributed by atoms with E-state index in [-0.39, 0.29) is 0 Å². The Balaban J connectivity index is 1.58. The zero-order valence-electron chi connectivity index (χ0n) is 11.4. The summed E-state index contributed by atoms with van der Waals surface area (Å²) in [6.07, 6.45) is 0. The number of rotatable bonds is 5. The average molecular weight is 299 g/mol. The third-order valence-electron chi connectivity index (χ3n) is 3.16. The van der Waals surface area contributed by atoms with Crippen molar-refractivity contribution in [2.75, 3.05) is 0 Å². The van der Waals surface area contributed by atoms with Crippen LogP contribution in [0.4, 0.5) is 0 Å². The molecule has 0 amide bonds. The minimum Gasteiger partial charge on any atom is -0.307 e. The Morgan fingerprint density at radius 2 is 1.70 bits per heavy atom. The Kier molecular flexibility index (Phi) is 4.31. The van der Waals surface area contributed by atoms with Gasteiger partial charge >= 0.3 is 0 Å². The lowest BCUT2D eigenvalue weighted by Gasteiger charge is -2.00. The zero-order chi connectivity index (χ0) is 13.8. The fourth-order valence-electron chi connectivity index (χ4n) is 2.14. The molecule has 20 heavy (non-hydrogen) atoms. The maximum Gasteiger partial charge on any atom is 0.0303 e. The van der Waals surface area contributed by atoms with Crippen molar-refractivity contribution in [2.24, 2.45) is 0 Å². The van der Waals surface area contributed by atoms with Crippen LogP contribution in [0.25, 0.3) is 11.1 Å². The molecule has 0 unspecified atom stereocenters. The smallest absolute Gasteiger partial charge is 0.0303 e. The summed E-state index contributed by atoms with van der Waals surface area (Å²) in [6, 6.07) is 17.2. The third kappa shape index (κ3) is 3.37. The molecule has 0 saturated heterocycles. The van der Waals surface area contributed by atoms with E-state index in [9.17, 15) is 0 Å². The summed E-state index contributed by atoms with van der Waals surface area (Å²) in [6.45, 7) is 4.05. The summed E-state index contributed by atoms with van der Waals surface area (Å²) in [5.41, 5.74) is 2.61. The number of nitrogens with one attached hydrogen (secondary N) is 1. The van der Waals surface area contributed by atoms with Gasteiger partial charge in [-0.2, -0.15) is 0 Å². The first kappa shape index (κ1) is 13.6. The van der Waals surface area contributed by atoms with Gasteiger partial charge in [-0.15, -0.1) is 22.7 Å². The van der Waals surface area contributed by atoms with E-state index in [2.05, 4.69) is 66.2 Å². The second-order valence-corrected chi connectivity index (χ2v) is 7.15. The molecule has 1 nitrogen and oxygen atoms in total. The van der Waals surface area contributed by atoms with Crippen molar-refractivity contribution in [3.8, 4) is 11.1 Å². The zero-order valence-corrected chi connectivity index (χ0v) is 13.1. The number of hydrogen-bond donors (Lipinski definition) is 1. The van der Waals surface area contributed by atoms with Crippen molar-refractivity contribution in [1.82, 2.24) is 5.32 Å². The Morgan fingerprint density at radius 3 is 2.45 bits per heavy atom. The van der Waals surface area contributed by atoms with Crippen LogP contribution in [-0.4, -0.2) is 0 Å². The molecule has 3 rings (SSSR count). The van der Waals surface area contributed by atoms with Gasteiger partial charge in [0.2, 0.25) is 0 Å². The summed E-state index contributed by atoms with van der Waals surface area (Å²) >= 11 is 3.69. The molecule has 0 radical (unpaired) electrons. The normalized spacial score (nSPS) is 10.8. The van der Waals surface area contributed by atoms with E-state index in [4.69, 9.17) is 0 Å². The van der Waals surface area contributed by atoms with E-state index in [1.807, 2.05) is 22.7 Å². The van der Waals surface area contributed by atoms with Crippen molar-refractivity contribution in [3.63, 3.8) is 0 Å². The van der Waals surface area contributed by atoms with Gasteiger partial charge in [-0.25, -0.2) is 0 Å². The van der Waals surface area contributed by atoms with Crippen LogP contribution in [-0.2, 0) is 13.1 Å². The predicted molar refractivity (Wildman–Crippen MR) is 89.4 cm³/mol. The first-order valence-corrected chi connectivity index (χ1v) is 8.40. The molecule has 3 aromatic rings. The first-order chi connectivity index (χ1) is 9.81. The summed E-state index contributed by atoms with van der Waals surface area (Å²) < 4.78 is 0. The topological polar surface area (TPSA) is 12.0 Å². The van der Waals surface area contributed by atoms with Gasteiger partial charge in [0, 0.05) is 27.7 Å². The highest BCUT2D eigenvalue weighted by molar-refractivity contribution is 7.11. The van der Waals surface area contributed by atoms with E-state index < -0.39 is 0 Å². The third-order valence-corrected chi connectivity index (χ3v) is 5.09. The lowest BCUT2D eigenvalue weighted by atomic mass is 10.1. The summed E-state index contributed by atoms with van der Waals surface area (Å²) in [4.78, 5) is 4.17. The van der Waals surface area contributed by atoms with Crippen molar-refractivity contribution in [2.45, 2.75) is 20.0 Å². The van der Waals surface area contributed by atoms with E-state index in [1.54, 1.807) is 0 Å². The minimum atomic E-state index is 0.939. The largest absolute Gasteiger partial charge is 0.307 e. The maximum atomic E-state index is 3.52. The lowest BCUT2D eigenvalue weighted by molar-refractivity contribution is 0.709. The fraction of sp³-hybridized carbons (Fsp3) is 0.176. The van der Waals surface area contributed by atoms with E-state index in [0.717, 1.165) is 13.1 Å². The van der Waals surface area contributed by atoms with Crippen LogP contribution >= 0.6 is 22.7 Å². The number of hydrogen-bond acceptors (Lipinski definition) is 3. The van der Waals surface area contributed by atoms with Gasteiger partial charge in [-0.1, -0.05) is 30.3 Å². The second-order valence-electron chi connectivity index (χ2n) is 4.78. The Bertz CT molecular complexity index is 667. The SMILES string of the molecule is Cc1ccc(CNCc2cc(-c3ccccc3)cs2)s1. The van der Waals surface area contributed by atoms with Crippen molar-refractivity contribution in [1.29, 1.82) is 0 Å². The predicted octanol–water partition coefficient (Wildman–Crippen LogP) is 5.07. The van der Waals surface area contributed by atoms with Gasteiger partial charge in [0.25, 0.3) is 0 Å². The number of thiophene rings is 2. The lowest BCUT2D eigenvalue weighted by Crippen LogP contribution is -2.10. The van der Waals surface area contributed by atoms with Crippen LogP contribution in [0.3, 0.4) is 0 Å². The van der Waals surface area contributed by atoms with Crippen molar-refractivity contribution in [3.05, 3.63) is 68.5 Å². The highest BCUT2D eigenvalue weighted by Crippen LogP contribution is 2.25. The Labute approximate surface area is 127 Å². The quantitative estimate of drug-likeness (QED) is 0.693. The van der Waals surface area contributed by atoms with E-state index in [0.29, 0.717) is 0 Å². The molecule has 1 N–H and O–H groups in total. The molecule has 0 saturated carbocycles. The van der Waals surface area contributed by atoms with E-state index in [1.165, 1.54) is 25.8 Å². The molecule has 0 fully saturated rings. The Hall–Kier alpha value is -1.42. The second kappa shape index (κ2) is 6.35. The first-order valence-electron chi connectivity index (χ1n) is 6.70. The van der Waals surface area contributed by atoms with Gasteiger partial charge in [-0.05, 0) is 41.6 Å². The van der Waals surface area contributed by atoms with Crippen LogP contribution in [0.5, 0.6) is 0 Å². The van der Waals surface area contributed by atoms with Crippen molar-refractivity contribution < 1.29 is 0 Å². The van der Waals surface area contributed by atoms with Crippen LogP contribution < -0.4 is 5.32 Å². The molecule has 2 heterocycles. The average Bonchev–Trinajstić information content (AvgIpc) is 3.09. The summed E-state index contributed by atoms with van der Waals surface area (Å²) in [7, 11) is 0. The van der Waals surface area contributed by atoms with Gasteiger partial charge in [-0.3, -0.25) is 0 Å². The molecule has 1 aromatic carbocycles. The summed E-state index contributed by atoms with van der Waals surface area (Å²) in [5, 5.41) is 5.75. The van der Waals surface area contributed by atoms with Gasteiger partial charge in [0.1, 0.15) is 0 Å². The standard InChI is InChI=1S/C17H17NS2/c1-13-7-8-16(20-13)10-18-11-17-9-15(12-19-17)14-5-3-2-4-6-14/h2-9,12,18H,10-11H2,1H3.